The Kier molecular flexibility index (Phi) is 4.33. The van der Waals surface area contributed by atoms with E-state index in [1.54, 1.807) is 12.1 Å². The smallest absolute Gasteiger partial charge is 0.242 e. The molecule has 1 saturated heterocycles. The van der Waals surface area contributed by atoms with Gasteiger partial charge in [0.15, 0.2) is 0 Å². The third kappa shape index (κ3) is 3.29. The second-order valence-corrected chi connectivity index (χ2v) is 7.22. The van der Waals surface area contributed by atoms with Crippen LogP contribution in [0, 0.1) is 0 Å². The molecule has 7 heteroatoms. The van der Waals surface area contributed by atoms with E-state index in [1.807, 2.05) is 0 Å². The van der Waals surface area contributed by atoms with Gasteiger partial charge in [0.25, 0.3) is 0 Å². The van der Waals surface area contributed by atoms with Crippen LogP contribution >= 0.6 is 0 Å². The Bertz CT molecular complexity index is 567. The number of ether oxygens (including phenoxy) is 1. The summed E-state index contributed by atoms with van der Waals surface area (Å²) < 4.78 is 31.2. The predicted molar refractivity (Wildman–Crippen MR) is 75.7 cm³/mol. The number of nitrogens with zero attached hydrogens (tertiary/aromatic N) is 1. The molecule has 1 fully saturated rings. The Morgan fingerprint density at radius 3 is 2.65 bits per heavy atom. The molecule has 1 aromatic rings. The summed E-state index contributed by atoms with van der Waals surface area (Å²) in [5.74, 6) is 0. The molecular formula is C13H20N2O4S. The van der Waals surface area contributed by atoms with E-state index < -0.39 is 15.6 Å². The first-order valence-corrected chi connectivity index (χ1v) is 7.90. The molecule has 1 heterocycles. The van der Waals surface area contributed by atoms with Crippen LogP contribution in [0.1, 0.15) is 12.8 Å². The molecule has 0 aliphatic carbocycles. The molecule has 0 aromatic heterocycles. The van der Waals surface area contributed by atoms with E-state index in [-0.39, 0.29) is 11.4 Å². The summed E-state index contributed by atoms with van der Waals surface area (Å²) in [6, 6.07) is 6.14. The molecule has 2 rings (SSSR count). The van der Waals surface area contributed by atoms with Gasteiger partial charge in [0, 0.05) is 45.3 Å². The highest BCUT2D eigenvalue weighted by atomic mass is 32.2. The maximum atomic E-state index is 12.4. The van der Waals surface area contributed by atoms with Crippen LogP contribution in [-0.2, 0) is 14.8 Å². The van der Waals surface area contributed by atoms with Gasteiger partial charge in [-0.25, -0.2) is 8.42 Å². The highest BCUT2D eigenvalue weighted by Crippen LogP contribution is 2.24. The Morgan fingerprint density at radius 1 is 1.40 bits per heavy atom. The number of rotatable bonds is 4. The highest BCUT2D eigenvalue weighted by Gasteiger charge is 2.34. The summed E-state index contributed by atoms with van der Waals surface area (Å²) in [5.41, 5.74) is 4.98. The average Bonchev–Trinajstić information content (AvgIpc) is 2.39. The maximum Gasteiger partial charge on any atom is 0.242 e. The van der Waals surface area contributed by atoms with Crippen molar-refractivity contribution in [1.29, 1.82) is 0 Å². The van der Waals surface area contributed by atoms with Gasteiger partial charge in [-0.1, -0.05) is 6.07 Å². The number of likely N-dealkylation sites (N-methyl/N-ethyl adjacent to an activating group) is 1. The fourth-order valence-electron chi connectivity index (χ4n) is 2.26. The van der Waals surface area contributed by atoms with E-state index in [0.717, 1.165) is 0 Å². The molecule has 3 N–H and O–H groups in total. The molecule has 112 valence electrons. The van der Waals surface area contributed by atoms with Crippen molar-refractivity contribution in [1.82, 2.24) is 4.31 Å². The number of hydrogen-bond acceptors (Lipinski definition) is 5. The topological polar surface area (TPSA) is 92.9 Å². The van der Waals surface area contributed by atoms with Crippen LogP contribution in [0.5, 0.6) is 0 Å². The molecule has 0 radical (unpaired) electrons. The van der Waals surface area contributed by atoms with E-state index >= 15 is 0 Å². The second kappa shape index (κ2) is 5.69. The average molecular weight is 300 g/mol. The van der Waals surface area contributed by atoms with Crippen molar-refractivity contribution in [2.75, 3.05) is 32.5 Å². The summed E-state index contributed by atoms with van der Waals surface area (Å²) >= 11 is 0. The molecular weight excluding hydrogens is 280 g/mol. The Labute approximate surface area is 119 Å². The summed E-state index contributed by atoms with van der Waals surface area (Å²) in [5, 5.41) is 10.4. The Balaban J connectivity index is 2.17. The summed E-state index contributed by atoms with van der Waals surface area (Å²) in [7, 11) is -2.18. The second-order valence-electron chi connectivity index (χ2n) is 5.17. The number of hydrogen-bond donors (Lipinski definition) is 2. The molecule has 0 unspecified atom stereocenters. The zero-order valence-corrected chi connectivity index (χ0v) is 12.3. The van der Waals surface area contributed by atoms with Crippen molar-refractivity contribution in [3.8, 4) is 0 Å². The fraction of sp³-hybridized carbons (Fsp3) is 0.538. The van der Waals surface area contributed by atoms with Crippen LogP contribution in [0.2, 0.25) is 0 Å². The number of sulfonamides is 1. The van der Waals surface area contributed by atoms with Crippen molar-refractivity contribution in [3.05, 3.63) is 24.3 Å². The van der Waals surface area contributed by atoms with Crippen molar-refractivity contribution in [3.63, 3.8) is 0 Å². The van der Waals surface area contributed by atoms with Crippen LogP contribution < -0.4 is 5.73 Å². The van der Waals surface area contributed by atoms with Gasteiger partial charge in [-0.05, 0) is 18.2 Å². The molecule has 0 saturated carbocycles. The first kappa shape index (κ1) is 15.2. The van der Waals surface area contributed by atoms with Crippen LogP contribution in [0.25, 0.3) is 0 Å². The van der Waals surface area contributed by atoms with Gasteiger partial charge in [0.2, 0.25) is 10.0 Å². The zero-order valence-electron chi connectivity index (χ0n) is 11.4. The minimum atomic E-state index is -3.65. The summed E-state index contributed by atoms with van der Waals surface area (Å²) in [6.45, 7) is 0.943. The first-order valence-electron chi connectivity index (χ1n) is 6.46. The van der Waals surface area contributed by atoms with Crippen molar-refractivity contribution in [2.24, 2.45) is 0 Å². The molecule has 1 aliphatic rings. The maximum absolute atomic E-state index is 12.4. The summed E-state index contributed by atoms with van der Waals surface area (Å²) in [6.07, 6.45) is 0.869. The third-order valence-corrected chi connectivity index (χ3v) is 5.31. The lowest BCUT2D eigenvalue weighted by molar-refractivity contribution is -0.0689. The number of anilines is 1. The molecule has 1 aliphatic heterocycles. The molecule has 0 bridgehead atoms. The molecule has 6 nitrogen and oxygen atoms in total. The number of nitrogens with two attached hydrogens (primary N) is 1. The monoisotopic (exact) mass is 300 g/mol. The van der Waals surface area contributed by atoms with Crippen LogP contribution in [-0.4, -0.2) is 50.2 Å². The van der Waals surface area contributed by atoms with Gasteiger partial charge in [-0.3, -0.25) is 0 Å². The SMILES string of the molecule is CN(CC1(O)CCOCC1)S(=O)(=O)c1cccc(N)c1. The largest absolute Gasteiger partial charge is 0.399 e. The van der Waals surface area contributed by atoms with Crippen LogP contribution in [0.4, 0.5) is 5.69 Å². The molecule has 0 spiro atoms. The lowest BCUT2D eigenvalue weighted by atomic mass is 9.95. The van der Waals surface area contributed by atoms with Gasteiger partial charge in [0.05, 0.1) is 10.5 Å². The first-order chi connectivity index (χ1) is 9.33. The van der Waals surface area contributed by atoms with Gasteiger partial charge in [-0.15, -0.1) is 0 Å². The predicted octanol–water partition coefficient (Wildman–Crippen LogP) is 0.431. The van der Waals surface area contributed by atoms with Crippen LogP contribution in [0.3, 0.4) is 0 Å². The number of aliphatic hydroxyl groups is 1. The zero-order chi connectivity index (χ0) is 14.8. The molecule has 1 aromatic carbocycles. The van der Waals surface area contributed by atoms with E-state index in [1.165, 1.54) is 23.5 Å². The highest BCUT2D eigenvalue weighted by molar-refractivity contribution is 7.89. The van der Waals surface area contributed by atoms with Gasteiger partial charge < -0.3 is 15.6 Å². The number of benzene rings is 1. The Morgan fingerprint density at radius 2 is 2.05 bits per heavy atom. The van der Waals surface area contributed by atoms with E-state index in [2.05, 4.69) is 0 Å². The quantitative estimate of drug-likeness (QED) is 0.787. The minimum absolute atomic E-state index is 0.0491. The van der Waals surface area contributed by atoms with E-state index in [0.29, 0.717) is 31.7 Å². The standard InChI is InChI=1S/C13H20N2O4S/c1-15(10-13(16)5-7-19-8-6-13)20(17,18)12-4-2-3-11(14)9-12/h2-4,9,16H,5-8,10,14H2,1H3. The fourth-order valence-corrected chi connectivity index (χ4v) is 3.57. The van der Waals surface area contributed by atoms with Gasteiger partial charge in [-0.2, -0.15) is 4.31 Å². The van der Waals surface area contributed by atoms with Crippen molar-refractivity contribution in [2.45, 2.75) is 23.3 Å². The summed E-state index contributed by atoms with van der Waals surface area (Å²) in [4.78, 5) is 0.135. The molecule has 20 heavy (non-hydrogen) atoms. The lowest BCUT2D eigenvalue weighted by Gasteiger charge is -2.35. The van der Waals surface area contributed by atoms with Crippen molar-refractivity contribution >= 4 is 15.7 Å². The third-order valence-electron chi connectivity index (χ3n) is 3.51. The number of nitrogen functional groups attached to an aromatic ring is 1. The lowest BCUT2D eigenvalue weighted by Crippen LogP contribution is -2.47. The van der Waals surface area contributed by atoms with E-state index in [4.69, 9.17) is 10.5 Å². The van der Waals surface area contributed by atoms with Gasteiger partial charge >= 0.3 is 0 Å². The normalized spacial score (nSPS) is 19.1. The minimum Gasteiger partial charge on any atom is -0.399 e. The van der Waals surface area contributed by atoms with Crippen molar-refractivity contribution < 1.29 is 18.3 Å². The Hall–Kier alpha value is -1.15. The molecule has 0 atom stereocenters. The van der Waals surface area contributed by atoms with E-state index in [9.17, 15) is 13.5 Å². The molecule has 0 amide bonds. The van der Waals surface area contributed by atoms with Gasteiger partial charge in [0.1, 0.15) is 0 Å². The van der Waals surface area contributed by atoms with Crippen LogP contribution in [0.15, 0.2) is 29.2 Å².